The SMILES string of the molecule is Cc1noc(C)c1Cn1c2c(ccc1=O)C(=O)CCC2. The van der Waals surface area contributed by atoms with E-state index < -0.39 is 0 Å². The molecular formula is C15H16N2O3. The van der Waals surface area contributed by atoms with Crippen molar-refractivity contribution in [3.8, 4) is 0 Å². The molecule has 3 rings (SSSR count). The van der Waals surface area contributed by atoms with Crippen LogP contribution in [-0.2, 0) is 13.0 Å². The average Bonchev–Trinajstić information content (AvgIpc) is 2.73. The van der Waals surface area contributed by atoms with Crippen molar-refractivity contribution in [3.05, 3.63) is 50.8 Å². The Morgan fingerprint density at radius 1 is 1.25 bits per heavy atom. The first-order chi connectivity index (χ1) is 9.58. The maximum absolute atomic E-state index is 12.1. The standard InChI is InChI=1S/C15H16N2O3/c1-9-12(10(2)20-16-9)8-17-13-4-3-5-14(18)11(13)6-7-15(17)19/h6-7H,3-5,8H2,1-2H3. The molecule has 1 aliphatic rings. The molecule has 0 fully saturated rings. The molecule has 0 N–H and O–H groups in total. The van der Waals surface area contributed by atoms with Gasteiger partial charge in [0.05, 0.1) is 12.2 Å². The van der Waals surface area contributed by atoms with Crippen molar-refractivity contribution >= 4 is 5.78 Å². The molecule has 2 aromatic heterocycles. The molecule has 1 aliphatic carbocycles. The van der Waals surface area contributed by atoms with Crippen molar-refractivity contribution in [2.45, 2.75) is 39.7 Å². The van der Waals surface area contributed by atoms with Gasteiger partial charge in [0.15, 0.2) is 5.78 Å². The highest BCUT2D eigenvalue weighted by molar-refractivity contribution is 5.97. The van der Waals surface area contributed by atoms with Gasteiger partial charge in [-0.3, -0.25) is 9.59 Å². The summed E-state index contributed by atoms with van der Waals surface area (Å²) in [4.78, 5) is 24.1. The number of aromatic nitrogens is 2. The minimum Gasteiger partial charge on any atom is -0.361 e. The van der Waals surface area contributed by atoms with E-state index in [4.69, 9.17) is 4.52 Å². The zero-order chi connectivity index (χ0) is 14.3. The van der Waals surface area contributed by atoms with E-state index in [-0.39, 0.29) is 11.3 Å². The normalized spacial score (nSPS) is 14.4. The molecule has 5 nitrogen and oxygen atoms in total. The lowest BCUT2D eigenvalue weighted by Crippen LogP contribution is -2.28. The first kappa shape index (κ1) is 12.8. The fourth-order valence-electron chi connectivity index (χ4n) is 2.75. The van der Waals surface area contributed by atoms with E-state index in [1.807, 2.05) is 13.8 Å². The summed E-state index contributed by atoms with van der Waals surface area (Å²) in [6, 6.07) is 3.13. The van der Waals surface area contributed by atoms with Crippen molar-refractivity contribution in [2.24, 2.45) is 0 Å². The van der Waals surface area contributed by atoms with Crippen LogP contribution in [0.25, 0.3) is 0 Å². The Hall–Kier alpha value is -2.17. The maximum atomic E-state index is 12.1. The number of aryl methyl sites for hydroxylation is 2. The fourth-order valence-corrected chi connectivity index (χ4v) is 2.75. The van der Waals surface area contributed by atoms with E-state index in [0.29, 0.717) is 24.3 Å². The van der Waals surface area contributed by atoms with E-state index >= 15 is 0 Å². The lowest BCUT2D eigenvalue weighted by molar-refractivity contribution is 0.0970. The third kappa shape index (κ3) is 1.99. The second-order valence-electron chi connectivity index (χ2n) is 5.20. The number of ketones is 1. The van der Waals surface area contributed by atoms with Crippen LogP contribution in [0.15, 0.2) is 21.5 Å². The van der Waals surface area contributed by atoms with Crippen molar-refractivity contribution < 1.29 is 9.32 Å². The summed E-state index contributed by atoms with van der Waals surface area (Å²) in [7, 11) is 0. The quantitative estimate of drug-likeness (QED) is 0.839. The Kier molecular flexibility index (Phi) is 3.04. The maximum Gasteiger partial charge on any atom is 0.251 e. The topological polar surface area (TPSA) is 65.1 Å². The van der Waals surface area contributed by atoms with Gasteiger partial charge in [-0.1, -0.05) is 5.16 Å². The van der Waals surface area contributed by atoms with Crippen LogP contribution in [0.1, 0.15) is 45.9 Å². The second-order valence-corrected chi connectivity index (χ2v) is 5.20. The molecular weight excluding hydrogens is 256 g/mol. The highest BCUT2D eigenvalue weighted by atomic mass is 16.5. The van der Waals surface area contributed by atoms with Crippen LogP contribution in [0.4, 0.5) is 0 Å². The van der Waals surface area contributed by atoms with Crippen LogP contribution < -0.4 is 5.56 Å². The van der Waals surface area contributed by atoms with Crippen molar-refractivity contribution in [1.29, 1.82) is 0 Å². The molecule has 5 heteroatoms. The molecule has 0 aromatic carbocycles. The predicted octanol–water partition coefficient (Wildman–Crippen LogP) is 2.02. The first-order valence-electron chi connectivity index (χ1n) is 6.75. The lowest BCUT2D eigenvalue weighted by atomic mass is 9.94. The Morgan fingerprint density at radius 2 is 2.05 bits per heavy atom. The number of Topliss-reactive ketones (excluding diaryl/α,β-unsaturated/α-hetero) is 1. The highest BCUT2D eigenvalue weighted by Crippen LogP contribution is 2.21. The zero-order valence-corrected chi connectivity index (χ0v) is 11.6. The first-order valence-corrected chi connectivity index (χ1v) is 6.75. The summed E-state index contributed by atoms with van der Waals surface area (Å²) in [5.74, 6) is 0.841. The van der Waals surface area contributed by atoms with Gasteiger partial charge in [-0.05, 0) is 32.8 Å². The molecule has 0 saturated heterocycles. The molecule has 0 aliphatic heterocycles. The smallest absolute Gasteiger partial charge is 0.251 e. The van der Waals surface area contributed by atoms with E-state index in [0.717, 1.165) is 29.8 Å². The molecule has 0 unspecified atom stereocenters. The number of hydrogen-bond acceptors (Lipinski definition) is 4. The summed E-state index contributed by atoms with van der Waals surface area (Å²) in [6.07, 6.45) is 2.13. The highest BCUT2D eigenvalue weighted by Gasteiger charge is 2.21. The van der Waals surface area contributed by atoms with Crippen LogP contribution >= 0.6 is 0 Å². The molecule has 0 amide bonds. The van der Waals surface area contributed by atoms with E-state index in [2.05, 4.69) is 5.16 Å². The number of pyridine rings is 1. The molecule has 20 heavy (non-hydrogen) atoms. The second kappa shape index (κ2) is 4.74. The van der Waals surface area contributed by atoms with Crippen LogP contribution in [-0.4, -0.2) is 15.5 Å². The summed E-state index contributed by atoms with van der Waals surface area (Å²) >= 11 is 0. The summed E-state index contributed by atoms with van der Waals surface area (Å²) in [5, 5.41) is 3.91. The predicted molar refractivity (Wildman–Crippen MR) is 73.0 cm³/mol. The van der Waals surface area contributed by atoms with Gasteiger partial charge < -0.3 is 9.09 Å². The Morgan fingerprint density at radius 3 is 2.75 bits per heavy atom. The fraction of sp³-hybridized carbons (Fsp3) is 0.400. The molecule has 2 heterocycles. The van der Waals surface area contributed by atoms with Gasteiger partial charge in [-0.15, -0.1) is 0 Å². The number of hydrogen-bond donors (Lipinski definition) is 0. The largest absolute Gasteiger partial charge is 0.361 e. The molecule has 0 saturated carbocycles. The molecule has 2 aromatic rings. The Balaban J connectivity index is 2.12. The zero-order valence-electron chi connectivity index (χ0n) is 11.6. The lowest BCUT2D eigenvalue weighted by Gasteiger charge is -2.19. The third-order valence-electron chi connectivity index (χ3n) is 3.91. The summed E-state index contributed by atoms with van der Waals surface area (Å²) in [5.41, 5.74) is 3.14. The van der Waals surface area contributed by atoms with E-state index in [9.17, 15) is 9.59 Å². The minimum atomic E-state index is -0.0848. The average molecular weight is 272 g/mol. The van der Waals surface area contributed by atoms with Gasteiger partial charge in [-0.2, -0.15) is 0 Å². The van der Waals surface area contributed by atoms with Crippen LogP contribution in [0.3, 0.4) is 0 Å². The van der Waals surface area contributed by atoms with Crippen LogP contribution in [0, 0.1) is 13.8 Å². The molecule has 0 spiro atoms. The van der Waals surface area contributed by atoms with Gasteiger partial charge in [0, 0.05) is 29.3 Å². The van der Waals surface area contributed by atoms with Crippen LogP contribution in [0.2, 0.25) is 0 Å². The number of rotatable bonds is 2. The van der Waals surface area contributed by atoms with Crippen molar-refractivity contribution in [3.63, 3.8) is 0 Å². The van der Waals surface area contributed by atoms with Crippen molar-refractivity contribution in [1.82, 2.24) is 9.72 Å². The van der Waals surface area contributed by atoms with Crippen LogP contribution in [0.5, 0.6) is 0 Å². The monoisotopic (exact) mass is 272 g/mol. The molecule has 0 radical (unpaired) electrons. The number of fused-ring (bicyclic) bond motifs is 1. The van der Waals surface area contributed by atoms with Gasteiger partial charge in [0.2, 0.25) is 0 Å². The number of nitrogens with zero attached hydrogens (tertiary/aromatic N) is 2. The van der Waals surface area contributed by atoms with Gasteiger partial charge in [0.1, 0.15) is 5.76 Å². The number of carbonyl (C=O) groups is 1. The molecule has 104 valence electrons. The van der Waals surface area contributed by atoms with E-state index in [1.54, 1.807) is 10.6 Å². The minimum absolute atomic E-state index is 0.0848. The Labute approximate surface area is 116 Å². The van der Waals surface area contributed by atoms with Gasteiger partial charge in [0.25, 0.3) is 5.56 Å². The molecule has 0 bridgehead atoms. The van der Waals surface area contributed by atoms with E-state index in [1.165, 1.54) is 6.07 Å². The molecule has 0 atom stereocenters. The van der Waals surface area contributed by atoms with Gasteiger partial charge in [-0.25, -0.2) is 0 Å². The van der Waals surface area contributed by atoms with Crippen molar-refractivity contribution in [2.75, 3.05) is 0 Å². The summed E-state index contributed by atoms with van der Waals surface area (Å²) in [6.45, 7) is 4.11. The Bertz CT molecular complexity index is 721. The number of carbonyl (C=O) groups excluding carboxylic acids is 1. The summed E-state index contributed by atoms with van der Waals surface area (Å²) < 4.78 is 6.82. The van der Waals surface area contributed by atoms with Gasteiger partial charge >= 0.3 is 0 Å². The third-order valence-corrected chi connectivity index (χ3v) is 3.91.